The molecule has 0 spiro atoms. The second-order valence-electron chi connectivity index (χ2n) is 5.50. The van der Waals surface area contributed by atoms with Crippen LogP contribution in [-0.2, 0) is 10.3 Å². The van der Waals surface area contributed by atoms with Crippen molar-refractivity contribution < 1.29 is 25.3 Å². The number of rotatable bonds is 6. The highest BCUT2D eigenvalue weighted by Gasteiger charge is 2.30. The number of hydrogen-bond acceptors (Lipinski definition) is 2. The average molecular weight is 359 g/mol. The summed E-state index contributed by atoms with van der Waals surface area (Å²) >= 11 is 5.94. The summed E-state index contributed by atoms with van der Waals surface area (Å²) < 4.78 is 129. The van der Waals surface area contributed by atoms with Crippen LogP contribution in [0, 0.1) is 0 Å². The van der Waals surface area contributed by atoms with Gasteiger partial charge >= 0.3 is 0 Å². The van der Waals surface area contributed by atoms with Crippen LogP contribution in [-0.4, -0.2) is 31.1 Å². The molecule has 1 saturated heterocycles. The second kappa shape index (κ2) is 7.69. The minimum absolute atomic E-state index is 0.0371. The van der Waals surface area contributed by atoms with Gasteiger partial charge in [-0.25, -0.2) is 0 Å². The molecular weight excluding hydrogens is 318 g/mol. The highest BCUT2D eigenvalue weighted by atomic mass is 35.5. The zero-order valence-electron chi connectivity index (χ0n) is 27.8. The SMILES string of the molecule is [2H]c1c([2H])c([2H])c([C@@](OCC[C@H]2CCCN2C([2H])([2H])[2H])(c2c([2H])c([2H])c(Cl)c([2H])c2[2H])C([2H])([2H])[2H])c([2H])c1[2H]. The summed E-state index contributed by atoms with van der Waals surface area (Å²) in [5, 5.41) is -0.603. The van der Waals surface area contributed by atoms with Crippen LogP contribution in [0.4, 0.5) is 0 Å². The van der Waals surface area contributed by atoms with E-state index in [1.165, 1.54) is 4.90 Å². The predicted molar refractivity (Wildman–Crippen MR) is 101 cm³/mol. The summed E-state index contributed by atoms with van der Waals surface area (Å²) in [6.07, 6.45) is 0.982. The van der Waals surface area contributed by atoms with Gasteiger partial charge in [-0.3, -0.25) is 0 Å². The zero-order valence-corrected chi connectivity index (χ0v) is 13.6. The van der Waals surface area contributed by atoms with E-state index < -0.39 is 103 Å². The molecule has 1 heterocycles. The Morgan fingerprint density at radius 2 is 1.96 bits per heavy atom. The normalized spacial score (nSPS) is 30.9. The molecule has 2 atom stereocenters. The lowest BCUT2D eigenvalue weighted by molar-refractivity contribution is -0.0117. The standard InChI is InChI=1S/C21H26ClNO/c1-21(17-7-4-3-5-8-17,18-10-12-19(22)13-11-18)24-16-14-20-9-6-15-23(20)2/h3-5,7-8,10-13,20H,6,9,14-16H2,1-2H3/t20-,21-/m1/s1/i1D3,2D3,3D,4D,5D,7D,8D,10D,11D,12D,13D. The third kappa shape index (κ3) is 3.83. The van der Waals surface area contributed by atoms with Gasteiger partial charge in [0, 0.05) is 25.9 Å². The van der Waals surface area contributed by atoms with Crippen molar-refractivity contribution in [3.63, 3.8) is 0 Å². The molecule has 24 heavy (non-hydrogen) atoms. The lowest BCUT2D eigenvalue weighted by Gasteiger charge is -2.32. The maximum atomic E-state index is 8.52. The highest BCUT2D eigenvalue weighted by Crippen LogP contribution is 2.34. The smallest absolute Gasteiger partial charge is 0.115 e. The largest absolute Gasteiger partial charge is 0.366 e. The first-order chi connectivity index (χ1) is 17.8. The molecule has 2 nitrogen and oxygen atoms in total. The number of benzene rings is 2. The molecule has 2 aromatic rings. The van der Waals surface area contributed by atoms with E-state index in [0.29, 0.717) is 12.8 Å². The van der Waals surface area contributed by atoms with Gasteiger partial charge in [-0.1, -0.05) is 53.9 Å². The van der Waals surface area contributed by atoms with E-state index in [9.17, 15) is 0 Å². The van der Waals surface area contributed by atoms with E-state index in [1.54, 1.807) is 0 Å². The number of hydrogen-bond donors (Lipinski definition) is 0. The molecule has 3 rings (SSSR count). The van der Waals surface area contributed by atoms with Crippen molar-refractivity contribution in [2.24, 2.45) is 0 Å². The molecule has 0 bridgehead atoms. The van der Waals surface area contributed by atoms with E-state index in [2.05, 4.69) is 0 Å². The van der Waals surface area contributed by atoms with Gasteiger partial charge in [-0.15, -0.1) is 0 Å². The molecule has 0 unspecified atom stereocenters. The Morgan fingerprint density at radius 1 is 1.21 bits per heavy atom. The van der Waals surface area contributed by atoms with Crippen molar-refractivity contribution in [2.75, 3.05) is 20.1 Å². The molecule has 1 aliphatic rings. The van der Waals surface area contributed by atoms with Crippen molar-refractivity contribution in [3.05, 3.63) is 70.5 Å². The van der Waals surface area contributed by atoms with Crippen LogP contribution in [0.2, 0.25) is 5.02 Å². The summed E-state index contributed by atoms with van der Waals surface area (Å²) in [6, 6.07) is -8.54. The predicted octanol–water partition coefficient (Wildman–Crippen LogP) is 5.10. The summed E-state index contributed by atoms with van der Waals surface area (Å²) in [7, 11) is 0. The van der Waals surface area contributed by atoms with Crippen LogP contribution < -0.4 is 0 Å². The van der Waals surface area contributed by atoms with E-state index in [0.717, 1.165) is 0 Å². The number of halogens is 1. The van der Waals surface area contributed by atoms with E-state index in [1.807, 2.05) is 0 Å². The van der Waals surface area contributed by atoms with E-state index in [-0.39, 0.29) is 13.0 Å². The zero-order chi connectivity index (χ0) is 29.8. The Balaban J connectivity index is 2.36. The molecule has 128 valence electrons. The van der Waals surface area contributed by atoms with Crippen LogP contribution in [0.15, 0.2) is 54.4 Å². The van der Waals surface area contributed by atoms with Gasteiger partial charge in [0.2, 0.25) is 0 Å². The third-order valence-electron chi connectivity index (χ3n) is 3.95. The Kier molecular flexibility index (Phi) is 2.16. The summed E-state index contributed by atoms with van der Waals surface area (Å²) in [4.78, 5) is 1.26. The van der Waals surface area contributed by atoms with Crippen molar-refractivity contribution in [3.8, 4) is 0 Å². The molecular formula is C21H26ClNO. The molecule has 1 fully saturated rings. The van der Waals surface area contributed by atoms with Crippen LogP contribution >= 0.6 is 11.6 Å². The maximum Gasteiger partial charge on any atom is 0.115 e. The Hall–Kier alpha value is -1.35. The molecule has 0 aliphatic carbocycles. The van der Waals surface area contributed by atoms with Crippen LogP contribution in [0.1, 0.15) is 57.8 Å². The van der Waals surface area contributed by atoms with Crippen molar-refractivity contribution in [1.29, 1.82) is 0 Å². The lowest BCUT2D eigenvalue weighted by atomic mass is 9.88. The van der Waals surface area contributed by atoms with E-state index >= 15 is 0 Å². The minimum atomic E-state index is -3.45. The average Bonchev–Trinajstić information content (AvgIpc) is 3.32. The first-order valence-corrected chi connectivity index (χ1v) is 7.92. The molecule has 0 N–H and O–H groups in total. The molecule has 0 aromatic heterocycles. The fourth-order valence-electron chi connectivity index (χ4n) is 2.65. The van der Waals surface area contributed by atoms with Gasteiger partial charge in [0.1, 0.15) is 5.60 Å². The van der Waals surface area contributed by atoms with Gasteiger partial charge in [0.25, 0.3) is 0 Å². The van der Waals surface area contributed by atoms with Gasteiger partial charge < -0.3 is 9.64 Å². The monoisotopic (exact) mass is 358 g/mol. The van der Waals surface area contributed by atoms with E-state index in [4.69, 9.17) is 36.9 Å². The fraction of sp³-hybridized carbons (Fsp3) is 0.429. The quantitative estimate of drug-likeness (QED) is 0.711. The molecule has 0 amide bonds. The summed E-state index contributed by atoms with van der Waals surface area (Å²) in [5.74, 6) is 0. The van der Waals surface area contributed by atoms with Crippen molar-refractivity contribution >= 4 is 11.6 Å². The van der Waals surface area contributed by atoms with Gasteiger partial charge in [0.15, 0.2) is 0 Å². The molecule has 0 saturated carbocycles. The molecule has 0 radical (unpaired) electrons. The Bertz CT molecular complexity index is 1150. The van der Waals surface area contributed by atoms with Crippen LogP contribution in [0.3, 0.4) is 0 Å². The maximum absolute atomic E-state index is 8.52. The van der Waals surface area contributed by atoms with Crippen molar-refractivity contribution in [1.82, 2.24) is 4.90 Å². The highest BCUT2D eigenvalue weighted by molar-refractivity contribution is 6.30. The molecule has 2 aromatic carbocycles. The number of ether oxygens (including phenoxy) is 1. The van der Waals surface area contributed by atoms with Gasteiger partial charge in [-0.2, -0.15) is 0 Å². The first-order valence-electron chi connectivity index (χ1n) is 15.0. The van der Waals surface area contributed by atoms with Gasteiger partial charge in [0.05, 0.1) is 12.3 Å². The number of likely N-dealkylation sites (tertiary alicyclic amines) is 1. The first kappa shape index (κ1) is 6.75. The van der Waals surface area contributed by atoms with Crippen molar-refractivity contribution in [2.45, 2.75) is 37.8 Å². The summed E-state index contributed by atoms with van der Waals surface area (Å²) in [5.41, 5.74) is -4.84. The minimum Gasteiger partial charge on any atom is -0.366 e. The Labute approximate surface area is 171 Å². The van der Waals surface area contributed by atoms with Crippen LogP contribution in [0.5, 0.6) is 0 Å². The summed E-state index contributed by atoms with van der Waals surface area (Å²) in [6.45, 7) is -6.11. The molecule has 1 aliphatic heterocycles. The third-order valence-corrected chi connectivity index (χ3v) is 4.13. The lowest BCUT2D eigenvalue weighted by Crippen LogP contribution is -2.31. The van der Waals surface area contributed by atoms with Crippen LogP contribution in [0.25, 0.3) is 0 Å². The number of nitrogens with zero attached hydrogens (tertiary/aromatic N) is 1. The Morgan fingerprint density at radius 3 is 2.67 bits per heavy atom. The molecule has 3 heteroatoms. The fourth-order valence-corrected chi connectivity index (χ4v) is 2.75. The topological polar surface area (TPSA) is 12.5 Å². The van der Waals surface area contributed by atoms with Gasteiger partial charge in [-0.05, 0) is 62.8 Å². The second-order valence-corrected chi connectivity index (χ2v) is 5.87.